The van der Waals surface area contributed by atoms with Crippen LogP contribution in [-0.4, -0.2) is 52.7 Å². The van der Waals surface area contributed by atoms with Gasteiger partial charge < -0.3 is 19.5 Å². The van der Waals surface area contributed by atoms with Crippen LogP contribution >= 0.6 is 11.6 Å². The Balaban J connectivity index is 1.48. The number of hydrogen-bond acceptors (Lipinski definition) is 6. The zero-order valence-electron chi connectivity index (χ0n) is 17.4. The first-order valence-corrected chi connectivity index (χ1v) is 10.4. The van der Waals surface area contributed by atoms with Crippen LogP contribution in [0.5, 0.6) is 5.88 Å². The van der Waals surface area contributed by atoms with Crippen molar-refractivity contribution in [3.8, 4) is 11.6 Å². The molecule has 162 valence electrons. The third-order valence-electron chi connectivity index (χ3n) is 5.44. The molecule has 31 heavy (non-hydrogen) atoms. The normalized spacial score (nSPS) is 16.1. The second-order valence-corrected chi connectivity index (χ2v) is 8.19. The first-order chi connectivity index (χ1) is 14.9. The van der Waals surface area contributed by atoms with Crippen LogP contribution in [0.4, 0.5) is 5.82 Å². The van der Waals surface area contributed by atoms with E-state index in [2.05, 4.69) is 33.9 Å². The molecule has 3 aromatic heterocycles. The van der Waals surface area contributed by atoms with Gasteiger partial charge in [-0.3, -0.25) is 14.2 Å². The molecule has 1 N–H and O–H groups in total. The summed E-state index contributed by atoms with van der Waals surface area (Å²) in [5, 5.41) is 0.522. The maximum atomic E-state index is 12.7. The summed E-state index contributed by atoms with van der Waals surface area (Å²) in [4.78, 5) is 36.6. The van der Waals surface area contributed by atoms with Crippen LogP contribution in [0.15, 0.2) is 58.4 Å². The fourth-order valence-corrected chi connectivity index (χ4v) is 3.74. The van der Waals surface area contributed by atoms with Gasteiger partial charge in [0.1, 0.15) is 18.1 Å². The summed E-state index contributed by atoms with van der Waals surface area (Å²) in [6.07, 6.45) is 4.12. The van der Waals surface area contributed by atoms with Crippen LogP contribution in [0, 0.1) is 0 Å². The molecule has 0 amide bonds. The summed E-state index contributed by atoms with van der Waals surface area (Å²) in [6.45, 7) is 1.93. The van der Waals surface area contributed by atoms with E-state index in [9.17, 15) is 9.59 Å². The minimum absolute atomic E-state index is 0.183. The van der Waals surface area contributed by atoms with Crippen LogP contribution in [-0.2, 0) is 6.61 Å². The third-order valence-corrected chi connectivity index (χ3v) is 5.66. The standard InChI is InChI=1S/C22H24ClN5O3/c1-26(2)17-8-9-27(13-17)19-5-4-18(22(30)25-19)28-10-7-15(11-21(28)29)14-31-20-6-3-16(23)12-24-20/h3-7,10-12,17H,8-9,13-14H2,1-2H3,(H,25,30). The van der Waals surface area contributed by atoms with Gasteiger partial charge in [-0.1, -0.05) is 11.6 Å². The van der Waals surface area contributed by atoms with E-state index in [4.69, 9.17) is 16.3 Å². The largest absolute Gasteiger partial charge is 0.473 e. The van der Waals surface area contributed by atoms with E-state index in [1.54, 1.807) is 30.5 Å². The zero-order chi connectivity index (χ0) is 22.0. The number of H-pyrrole nitrogens is 1. The predicted molar refractivity (Wildman–Crippen MR) is 121 cm³/mol. The topological polar surface area (TPSA) is 83.5 Å². The van der Waals surface area contributed by atoms with Crippen molar-refractivity contribution in [2.75, 3.05) is 32.1 Å². The number of nitrogens with zero attached hydrogens (tertiary/aromatic N) is 4. The van der Waals surface area contributed by atoms with E-state index in [0.717, 1.165) is 25.3 Å². The second kappa shape index (κ2) is 8.95. The third kappa shape index (κ3) is 4.81. The van der Waals surface area contributed by atoms with Gasteiger partial charge in [-0.05, 0) is 50.3 Å². The van der Waals surface area contributed by atoms with Crippen LogP contribution in [0.1, 0.15) is 12.0 Å². The Kier molecular flexibility index (Phi) is 6.11. The van der Waals surface area contributed by atoms with Crippen LogP contribution in [0.25, 0.3) is 5.69 Å². The van der Waals surface area contributed by atoms with Gasteiger partial charge in [-0.2, -0.15) is 0 Å². The monoisotopic (exact) mass is 441 g/mol. The van der Waals surface area contributed by atoms with Gasteiger partial charge >= 0.3 is 0 Å². The van der Waals surface area contributed by atoms with Crippen LogP contribution in [0.2, 0.25) is 5.02 Å². The molecular formula is C22H24ClN5O3. The Labute approximate surface area is 184 Å². The van der Waals surface area contributed by atoms with Gasteiger partial charge in [0.15, 0.2) is 0 Å². The van der Waals surface area contributed by atoms with Crippen LogP contribution < -0.4 is 20.8 Å². The maximum absolute atomic E-state index is 12.7. The summed E-state index contributed by atoms with van der Waals surface area (Å²) < 4.78 is 6.91. The first kappa shape index (κ1) is 21.1. The lowest BCUT2D eigenvalue weighted by Gasteiger charge is -2.21. The second-order valence-electron chi connectivity index (χ2n) is 7.76. The Morgan fingerprint density at radius 2 is 2.06 bits per heavy atom. The number of nitrogens with one attached hydrogen (secondary N) is 1. The van der Waals surface area contributed by atoms with Gasteiger partial charge in [0.05, 0.1) is 5.02 Å². The summed E-state index contributed by atoms with van der Waals surface area (Å²) in [5.41, 5.74) is 0.348. The molecule has 0 aliphatic carbocycles. The molecule has 1 aliphatic rings. The summed E-state index contributed by atoms with van der Waals surface area (Å²) in [5.74, 6) is 1.19. The van der Waals surface area contributed by atoms with Crippen molar-refractivity contribution in [2.24, 2.45) is 0 Å². The van der Waals surface area contributed by atoms with Gasteiger partial charge in [0.25, 0.3) is 11.1 Å². The molecular weight excluding hydrogens is 418 g/mol. The SMILES string of the molecule is CN(C)C1CCN(c2ccc(-n3ccc(COc4ccc(Cl)cn4)cc3=O)c(=O)[nH]2)C1. The summed E-state index contributed by atoms with van der Waals surface area (Å²) in [6, 6.07) is 10.5. The molecule has 4 rings (SSSR count). The number of ether oxygens (including phenoxy) is 1. The van der Waals surface area contributed by atoms with E-state index >= 15 is 0 Å². The molecule has 0 aromatic carbocycles. The maximum Gasteiger partial charge on any atom is 0.273 e. The average molecular weight is 442 g/mol. The number of pyridine rings is 3. The lowest BCUT2D eigenvalue weighted by molar-refractivity contribution is 0.293. The lowest BCUT2D eigenvalue weighted by atomic mass is 10.2. The highest BCUT2D eigenvalue weighted by Crippen LogP contribution is 2.20. The highest BCUT2D eigenvalue weighted by molar-refractivity contribution is 6.30. The first-order valence-electron chi connectivity index (χ1n) is 10.0. The highest BCUT2D eigenvalue weighted by Gasteiger charge is 2.24. The van der Waals surface area contributed by atoms with Gasteiger partial charge in [0.2, 0.25) is 5.88 Å². The summed E-state index contributed by atoms with van der Waals surface area (Å²) in [7, 11) is 4.13. The van der Waals surface area contributed by atoms with Crippen molar-refractivity contribution < 1.29 is 4.74 Å². The van der Waals surface area contributed by atoms with Crippen molar-refractivity contribution in [2.45, 2.75) is 19.1 Å². The molecule has 1 fully saturated rings. The van der Waals surface area contributed by atoms with E-state index in [1.807, 2.05) is 6.07 Å². The number of hydrogen-bond donors (Lipinski definition) is 1. The lowest BCUT2D eigenvalue weighted by Crippen LogP contribution is -2.32. The summed E-state index contributed by atoms with van der Waals surface area (Å²) >= 11 is 5.81. The molecule has 3 aromatic rings. The van der Waals surface area contributed by atoms with Gasteiger partial charge in [-0.25, -0.2) is 4.98 Å². The number of aromatic amines is 1. The molecule has 8 nitrogen and oxygen atoms in total. The molecule has 1 unspecified atom stereocenters. The molecule has 0 spiro atoms. The molecule has 0 bridgehead atoms. The zero-order valence-corrected chi connectivity index (χ0v) is 18.2. The smallest absolute Gasteiger partial charge is 0.273 e. The number of aromatic nitrogens is 3. The minimum atomic E-state index is -0.308. The Hall–Kier alpha value is -3.10. The Morgan fingerprint density at radius 3 is 2.71 bits per heavy atom. The molecule has 0 radical (unpaired) electrons. The Morgan fingerprint density at radius 1 is 1.23 bits per heavy atom. The van der Waals surface area contributed by atoms with Crippen molar-refractivity contribution in [3.63, 3.8) is 0 Å². The Bertz CT molecular complexity index is 1170. The average Bonchev–Trinajstić information content (AvgIpc) is 3.25. The van der Waals surface area contributed by atoms with Gasteiger partial charge in [0, 0.05) is 43.7 Å². The van der Waals surface area contributed by atoms with Crippen molar-refractivity contribution in [3.05, 3.63) is 80.1 Å². The highest BCUT2D eigenvalue weighted by atomic mass is 35.5. The van der Waals surface area contributed by atoms with Crippen molar-refractivity contribution in [1.29, 1.82) is 0 Å². The fourth-order valence-electron chi connectivity index (χ4n) is 3.63. The number of halogens is 1. The molecule has 1 saturated heterocycles. The van der Waals surface area contributed by atoms with Crippen molar-refractivity contribution in [1.82, 2.24) is 19.4 Å². The molecule has 0 saturated carbocycles. The van der Waals surface area contributed by atoms with E-state index in [1.165, 1.54) is 16.8 Å². The van der Waals surface area contributed by atoms with E-state index < -0.39 is 0 Å². The van der Waals surface area contributed by atoms with Crippen LogP contribution in [0.3, 0.4) is 0 Å². The molecule has 4 heterocycles. The molecule has 9 heteroatoms. The fraction of sp³-hybridized carbons (Fsp3) is 0.318. The number of rotatable bonds is 6. The predicted octanol–water partition coefficient (Wildman–Crippen LogP) is 2.29. The number of anilines is 1. The number of likely N-dealkylation sites (N-methyl/N-ethyl adjacent to an activating group) is 1. The minimum Gasteiger partial charge on any atom is -0.473 e. The molecule has 1 aliphatic heterocycles. The van der Waals surface area contributed by atoms with E-state index in [0.29, 0.717) is 22.5 Å². The van der Waals surface area contributed by atoms with Crippen molar-refractivity contribution >= 4 is 17.4 Å². The van der Waals surface area contributed by atoms with Gasteiger partial charge in [-0.15, -0.1) is 0 Å². The quantitative estimate of drug-likeness (QED) is 0.632. The molecule has 1 atom stereocenters. The van der Waals surface area contributed by atoms with E-state index in [-0.39, 0.29) is 23.4 Å².